The van der Waals surface area contributed by atoms with Crippen LogP contribution in [0, 0.1) is 12.7 Å². The Bertz CT molecular complexity index is 631. The Kier molecular flexibility index (Phi) is 5.00. The number of carboxylic acids is 1. The highest BCUT2D eigenvalue weighted by Gasteiger charge is 2.13. The molecule has 0 atom stereocenters. The van der Waals surface area contributed by atoms with E-state index in [9.17, 15) is 9.18 Å². The number of carbonyl (C=O) groups is 1. The van der Waals surface area contributed by atoms with Crippen molar-refractivity contribution >= 4 is 5.97 Å². The van der Waals surface area contributed by atoms with Crippen LogP contribution in [-0.2, 0) is 17.9 Å². The maximum Gasteiger partial charge on any atom is 0.317 e. The van der Waals surface area contributed by atoms with Crippen molar-refractivity contribution in [3.8, 4) is 0 Å². The fraction of sp³-hybridized carbons (Fsp3) is 0.250. The molecule has 21 heavy (non-hydrogen) atoms. The van der Waals surface area contributed by atoms with Crippen LogP contribution < -0.4 is 0 Å². The van der Waals surface area contributed by atoms with E-state index in [1.807, 2.05) is 31.2 Å². The lowest BCUT2D eigenvalue weighted by molar-refractivity contribution is -0.138. The summed E-state index contributed by atoms with van der Waals surface area (Å²) in [6, 6.07) is 9.41. The molecule has 0 bridgehead atoms. The zero-order valence-electron chi connectivity index (χ0n) is 11.8. The molecule has 110 valence electrons. The summed E-state index contributed by atoms with van der Waals surface area (Å²) in [6.07, 6.45) is 2.64. The van der Waals surface area contributed by atoms with Gasteiger partial charge in [-0.2, -0.15) is 0 Å². The quantitative estimate of drug-likeness (QED) is 0.887. The predicted molar refractivity (Wildman–Crippen MR) is 77.1 cm³/mol. The zero-order chi connectivity index (χ0) is 15.2. The molecule has 5 heteroatoms. The van der Waals surface area contributed by atoms with E-state index in [1.165, 1.54) is 6.20 Å². The summed E-state index contributed by atoms with van der Waals surface area (Å²) in [4.78, 5) is 16.4. The molecule has 1 aromatic heterocycles. The van der Waals surface area contributed by atoms with E-state index >= 15 is 0 Å². The van der Waals surface area contributed by atoms with Gasteiger partial charge in [0.15, 0.2) is 0 Å². The SMILES string of the molecule is Cc1cccc(CN(CC(=O)O)Cc2ccncc2F)c1. The van der Waals surface area contributed by atoms with Crippen LogP contribution in [-0.4, -0.2) is 27.5 Å². The smallest absolute Gasteiger partial charge is 0.317 e. The average Bonchev–Trinajstić information content (AvgIpc) is 2.40. The van der Waals surface area contributed by atoms with Crippen LogP contribution in [0.5, 0.6) is 0 Å². The number of rotatable bonds is 6. The fourth-order valence-electron chi connectivity index (χ4n) is 2.20. The van der Waals surface area contributed by atoms with Crippen molar-refractivity contribution in [2.24, 2.45) is 0 Å². The fourth-order valence-corrected chi connectivity index (χ4v) is 2.20. The molecule has 0 aliphatic carbocycles. The van der Waals surface area contributed by atoms with Crippen LogP contribution in [0.25, 0.3) is 0 Å². The summed E-state index contributed by atoms with van der Waals surface area (Å²) < 4.78 is 13.7. The van der Waals surface area contributed by atoms with Crippen molar-refractivity contribution in [2.45, 2.75) is 20.0 Å². The number of benzene rings is 1. The molecule has 1 N–H and O–H groups in total. The molecule has 2 rings (SSSR count). The molecule has 4 nitrogen and oxygen atoms in total. The van der Waals surface area contributed by atoms with E-state index < -0.39 is 11.8 Å². The number of aromatic nitrogens is 1. The van der Waals surface area contributed by atoms with Crippen LogP contribution in [0.1, 0.15) is 16.7 Å². The van der Waals surface area contributed by atoms with Gasteiger partial charge in [-0.25, -0.2) is 4.39 Å². The first-order chi connectivity index (χ1) is 10.0. The van der Waals surface area contributed by atoms with Crippen LogP contribution >= 0.6 is 0 Å². The van der Waals surface area contributed by atoms with Gasteiger partial charge in [-0.3, -0.25) is 14.7 Å². The molecule has 0 unspecified atom stereocenters. The second-order valence-corrected chi connectivity index (χ2v) is 5.00. The number of pyridine rings is 1. The second kappa shape index (κ2) is 6.95. The minimum atomic E-state index is -0.933. The molecule has 0 saturated heterocycles. The molecule has 2 aromatic rings. The Balaban J connectivity index is 2.15. The first-order valence-electron chi connectivity index (χ1n) is 6.62. The third kappa shape index (κ3) is 4.65. The van der Waals surface area contributed by atoms with E-state index in [2.05, 4.69) is 4.98 Å². The normalized spacial score (nSPS) is 10.8. The van der Waals surface area contributed by atoms with Crippen molar-refractivity contribution in [3.05, 3.63) is 65.2 Å². The lowest BCUT2D eigenvalue weighted by Crippen LogP contribution is -2.29. The highest BCUT2D eigenvalue weighted by Crippen LogP contribution is 2.13. The third-order valence-corrected chi connectivity index (χ3v) is 3.10. The monoisotopic (exact) mass is 288 g/mol. The average molecular weight is 288 g/mol. The first kappa shape index (κ1) is 15.1. The number of halogens is 1. The largest absolute Gasteiger partial charge is 0.480 e. The first-order valence-corrected chi connectivity index (χ1v) is 6.62. The Labute approximate surface area is 122 Å². The molecule has 0 saturated carbocycles. The van der Waals surface area contributed by atoms with Crippen molar-refractivity contribution in [1.82, 2.24) is 9.88 Å². The van der Waals surface area contributed by atoms with E-state index in [-0.39, 0.29) is 13.1 Å². The summed E-state index contributed by atoms with van der Waals surface area (Å²) in [5.74, 6) is -1.35. The summed E-state index contributed by atoms with van der Waals surface area (Å²) in [7, 11) is 0. The maximum atomic E-state index is 13.7. The van der Waals surface area contributed by atoms with E-state index in [1.54, 1.807) is 11.0 Å². The van der Waals surface area contributed by atoms with E-state index in [0.717, 1.165) is 17.3 Å². The van der Waals surface area contributed by atoms with Crippen LogP contribution in [0.4, 0.5) is 4.39 Å². The number of carboxylic acid groups (broad SMARTS) is 1. The van der Waals surface area contributed by atoms with Gasteiger partial charge in [-0.05, 0) is 18.6 Å². The van der Waals surface area contributed by atoms with E-state index in [0.29, 0.717) is 12.1 Å². The Hall–Kier alpha value is -2.27. The molecule has 1 aromatic carbocycles. The van der Waals surface area contributed by atoms with Gasteiger partial charge in [-0.1, -0.05) is 29.8 Å². The number of aliphatic carboxylic acids is 1. The van der Waals surface area contributed by atoms with Crippen LogP contribution in [0.2, 0.25) is 0 Å². The molecule has 0 aliphatic rings. The number of nitrogens with zero attached hydrogens (tertiary/aromatic N) is 2. The zero-order valence-corrected chi connectivity index (χ0v) is 11.8. The minimum Gasteiger partial charge on any atom is -0.480 e. The minimum absolute atomic E-state index is 0.143. The van der Waals surface area contributed by atoms with Crippen LogP contribution in [0.15, 0.2) is 42.7 Å². The van der Waals surface area contributed by atoms with Gasteiger partial charge in [0.1, 0.15) is 5.82 Å². The lowest BCUT2D eigenvalue weighted by Gasteiger charge is -2.20. The van der Waals surface area contributed by atoms with Crippen molar-refractivity contribution < 1.29 is 14.3 Å². The highest BCUT2D eigenvalue weighted by molar-refractivity contribution is 5.69. The third-order valence-electron chi connectivity index (χ3n) is 3.10. The predicted octanol–water partition coefficient (Wildman–Crippen LogP) is 2.62. The van der Waals surface area contributed by atoms with E-state index in [4.69, 9.17) is 5.11 Å². The van der Waals surface area contributed by atoms with Gasteiger partial charge in [0.25, 0.3) is 0 Å². The van der Waals surface area contributed by atoms with Gasteiger partial charge >= 0.3 is 5.97 Å². The summed E-state index contributed by atoms with van der Waals surface area (Å²) in [5, 5.41) is 9.02. The topological polar surface area (TPSA) is 53.4 Å². The molecular formula is C16H17FN2O2. The molecule has 1 heterocycles. The number of aryl methyl sites for hydroxylation is 1. The van der Waals surface area contributed by atoms with Crippen molar-refractivity contribution in [3.63, 3.8) is 0 Å². The second-order valence-electron chi connectivity index (χ2n) is 5.00. The summed E-state index contributed by atoms with van der Waals surface area (Å²) in [6.45, 7) is 2.52. The van der Waals surface area contributed by atoms with Gasteiger partial charge in [0.2, 0.25) is 0 Å². The van der Waals surface area contributed by atoms with Crippen LogP contribution in [0.3, 0.4) is 0 Å². The molecule has 0 amide bonds. The number of hydrogen-bond acceptors (Lipinski definition) is 3. The Morgan fingerprint density at radius 1 is 1.33 bits per heavy atom. The molecule has 0 radical (unpaired) electrons. The van der Waals surface area contributed by atoms with Crippen molar-refractivity contribution in [2.75, 3.05) is 6.54 Å². The van der Waals surface area contributed by atoms with Gasteiger partial charge in [0.05, 0.1) is 12.7 Å². The maximum absolute atomic E-state index is 13.7. The molecule has 0 fully saturated rings. The van der Waals surface area contributed by atoms with Gasteiger partial charge < -0.3 is 5.11 Å². The molecule has 0 spiro atoms. The highest BCUT2D eigenvalue weighted by atomic mass is 19.1. The summed E-state index contributed by atoms with van der Waals surface area (Å²) >= 11 is 0. The molecular weight excluding hydrogens is 271 g/mol. The number of hydrogen-bond donors (Lipinski definition) is 1. The summed E-state index contributed by atoms with van der Waals surface area (Å²) in [5.41, 5.74) is 2.56. The van der Waals surface area contributed by atoms with Crippen molar-refractivity contribution in [1.29, 1.82) is 0 Å². The Morgan fingerprint density at radius 3 is 2.81 bits per heavy atom. The Morgan fingerprint density at radius 2 is 2.14 bits per heavy atom. The lowest BCUT2D eigenvalue weighted by atomic mass is 10.1. The van der Waals surface area contributed by atoms with Gasteiger partial charge in [-0.15, -0.1) is 0 Å². The van der Waals surface area contributed by atoms with Gasteiger partial charge in [0, 0.05) is 24.8 Å². The standard InChI is InChI=1S/C16H17FN2O2/c1-12-3-2-4-13(7-12)9-19(11-16(20)21)10-14-5-6-18-8-15(14)17/h2-8H,9-11H2,1H3,(H,20,21). The molecule has 0 aliphatic heterocycles.